The maximum atomic E-state index is 13.6. The number of nitrogens with zero attached hydrogens (tertiary/aromatic N) is 5. The number of sulfonamides is 1. The fraction of sp³-hybridized carbons (Fsp3) is 0.412. The van der Waals surface area contributed by atoms with Crippen molar-refractivity contribution in [3.05, 3.63) is 44.7 Å². The van der Waals surface area contributed by atoms with Crippen LogP contribution in [0.4, 0.5) is 4.39 Å². The highest BCUT2D eigenvalue weighted by molar-refractivity contribution is 9.10. The minimum atomic E-state index is -3.43. The van der Waals surface area contributed by atoms with Crippen molar-refractivity contribution in [1.29, 1.82) is 0 Å². The van der Waals surface area contributed by atoms with Gasteiger partial charge in [-0.2, -0.15) is 4.31 Å². The van der Waals surface area contributed by atoms with Gasteiger partial charge in [0.05, 0.1) is 29.1 Å². The fourth-order valence-corrected chi connectivity index (χ4v) is 5.01. The zero-order valence-electron chi connectivity index (χ0n) is 16.0. The molecular formula is C17H17BrFN5O6S. The van der Waals surface area contributed by atoms with Gasteiger partial charge >= 0.3 is 5.76 Å². The first-order valence-corrected chi connectivity index (χ1v) is 11.7. The van der Waals surface area contributed by atoms with Crippen molar-refractivity contribution in [3.8, 4) is 17.2 Å². The third-order valence-electron chi connectivity index (χ3n) is 4.71. The van der Waals surface area contributed by atoms with Crippen molar-refractivity contribution in [2.75, 3.05) is 32.1 Å². The second-order valence-corrected chi connectivity index (χ2v) is 9.64. The van der Waals surface area contributed by atoms with Crippen molar-refractivity contribution < 1.29 is 26.7 Å². The molecule has 0 saturated carbocycles. The molecule has 1 fully saturated rings. The Morgan fingerprint density at radius 1 is 1.16 bits per heavy atom. The molecule has 0 N–H and O–H groups in total. The number of benzene rings is 1. The Hall–Kier alpha value is -2.42. The molecule has 14 heteroatoms. The van der Waals surface area contributed by atoms with Crippen LogP contribution < -0.4 is 5.76 Å². The first kappa shape index (κ1) is 21.8. The van der Waals surface area contributed by atoms with Gasteiger partial charge in [0.2, 0.25) is 15.8 Å². The maximum absolute atomic E-state index is 13.6. The average Bonchev–Trinajstić information content (AvgIpc) is 3.37. The molecule has 1 aliphatic heterocycles. The summed E-state index contributed by atoms with van der Waals surface area (Å²) in [6, 6.07) is 3.95. The molecule has 0 unspecified atom stereocenters. The minimum absolute atomic E-state index is 0.00999. The Balaban J connectivity index is 1.54. The second kappa shape index (κ2) is 8.98. The Labute approximate surface area is 183 Å². The second-order valence-electron chi connectivity index (χ2n) is 6.70. The highest BCUT2D eigenvalue weighted by Gasteiger charge is 2.26. The first-order valence-electron chi connectivity index (χ1n) is 9.28. The largest absolute Gasteiger partial charge is 0.446 e. The lowest BCUT2D eigenvalue weighted by Crippen LogP contribution is -2.41. The van der Waals surface area contributed by atoms with Crippen LogP contribution in [0.25, 0.3) is 17.2 Å². The maximum Gasteiger partial charge on any atom is 0.446 e. The van der Waals surface area contributed by atoms with Crippen LogP contribution in [-0.4, -0.2) is 64.8 Å². The summed E-state index contributed by atoms with van der Waals surface area (Å²) in [6.45, 7) is 1.41. The average molecular weight is 518 g/mol. The molecule has 1 aliphatic rings. The normalized spacial score (nSPS) is 15.4. The van der Waals surface area contributed by atoms with E-state index in [0.29, 0.717) is 37.7 Å². The lowest BCUT2D eigenvalue weighted by molar-refractivity contribution is 0.0730. The molecule has 4 rings (SSSR count). The molecule has 3 heterocycles. The summed E-state index contributed by atoms with van der Waals surface area (Å²) in [5, 5.41) is 11.4. The van der Waals surface area contributed by atoms with E-state index in [4.69, 9.17) is 13.9 Å². The van der Waals surface area contributed by atoms with Crippen LogP contribution in [0.5, 0.6) is 0 Å². The summed E-state index contributed by atoms with van der Waals surface area (Å²) in [4.78, 5) is 12.2. The van der Waals surface area contributed by atoms with Crippen molar-refractivity contribution in [1.82, 2.24) is 24.3 Å². The summed E-state index contributed by atoms with van der Waals surface area (Å²) in [5.41, 5.74) is 0.744. The molecule has 0 bridgehead atoms. The third-order valence-corrected chi connectivity index (χ3v) is 7.28. The molecule has 0 atom stereocenters. The molecule has 31 heavy (non-hydrogen) atoms. The monoisotopic (exact) mass is 517 g/mol. The van der Waals surface area contributed by atoms with E-state index in [9.17, 15) is 17.6 Å². The summed E-state index contributed by atoms with van der Waals surface area (Å²) < 4.78 is 55.9. The van der Waals surface area contributed by atoms with Crippen molar-refractivity contribution >= 4 is 26.0 Å². The van der Waals surface area contributed by atoms with Gasteiger partial charge in [-0.25, -0.2) is 26.8 Å². The molecule has 11 nitrogen and oxygen atoms in total. The number of hydrogen-bond acceptors (Lipinski definition) is 9. The topological polar surface area (TPSA) is 134 Å². The summed E-state index contributed by atoms with van der Waals surface area (Å²) in [5.74, 6) is -1.39. The Bertz CT molecular complexity index is 1230. The number of aryl methyl sites for hydroxylation is 1. The molecule has 1 aromatic carbocycles. The van der Waals surface area contributed by atoms with Crippen LogP contribution in [0.15, 0.2) is 36.6 Å². The van der Waals surface area contributed by atoms with E-state index in [0.717, 1.165) is 4.57 Å². The molecule has 166 valence electrons. The summed E-state index contributed by atoms with van der Waals surface area (Å²) >= 11 is 3.07. The van der Waals surface area contributed by atoms with Crippen LogP contribution in [0.1, 0.15) is 12.1 Å². The number of halogens is 2. The molecule has 1 saturated heterocycles. The van der Waals surface area contributed by atoms with E-state index >= 15 is 0 Å². The van der Waals surface area contributed by atoms with Gasteiger partial charge in [-0.05, 0) is 52.1 Å². The minimum Gasteiger partial charge on any atom is -0.379 e. The van der Waals surface area contributed by atoms with Gasteiger partial charge in [0.15, 0.2) is 5.69 Å². The Morgan fingerprint density at radius 3 is 2.68 bits per heavy atom. The van der Waals surface area contributed by atoms with E-state index in [1.54, 1.807) is 0 Å². The molecular weight excluding hydrogens is 501 g/mol. The predicted octanol–water partition coefficient (Wildman–Crippen LogP) is 1.37. The first-order chi connectivity index (χ1) is 14.9. The number of rotatable bonds is 7. The number of morpholine rings is 1. The third kappa shape index (κ3) is 4.61. The summed E-state index contributed by atoms with van der Waals surface area (Å²) in [6.07, 6.45) is 0.474. The zero-order chi connectivity index (χ0) is 22.0. The van der Waals surface area contributed by atoms with Crippen molar-refractivity contribution in [2.45, 2.75) is 12.8 Å². The van der Waals surface area contributed by atoms with Crippen LogP contribution in [-0.2, 0) is 21.2 Å². The van der Waals surface area contributed by atoms with Crippen molar-refractivity contribution in [3.63, 3.8) is 0 Å². The standard InChI is InChI=1S/C17H17BrFN5O6S/c18-12-10-11(3-4-13(12)19)24-16(22-29-17(24)25)15-14(20-30-21-15)2-1-9-31(26,27)23-5-7-28-8-6-23/h3-4,10H,1-2,5-9H2. The van der Waals surface area contributed by atoms with Gasteiger partial charge in [0, 0.05) is 13.1 Å². The number of aromatic nitrogens is 4. The van der Waals surface area contributed by atoms with Crippen LogP contribution in [0, 0.1) is 5.82 Å². The number of ether oxygens (including phenoxy) is 1. The molecule has 0 radical (unpaired) electrons. The van der Waals surface area contributed by atoms with Gasteiger partial charge in [-0.1, -0.05) is 10.3 Å². The summed E-state index contributed by atoms with van der Waals surface area (Å²) in [7, 11) is -3.43. The van der Waals surface area contributed by atoms with E-state index in [2.05, 4.69) is 31.4 Å². The molecule has 2 aromatic heterocycles. The quantitative estimate of drug-likeness (QED) is 0.455. The molecule has 0 amide bonds. The number of hydrogen-bond donors (Lipinski definition) is 0. The van der Waals surface area contributed by atoms with Gasteiger partial charge < -0.3 is 4.74 Å². The van der Waals surface area contributed by atoms with Gasteiger partial charge in [-0.15, -0.1) is 0 Å². The fourth-order valence-electron chi connectivity index (χ4n) is 3.17. The highest BCUT2D eigenvalue weighted by atomic mass is 79.9. The molecule has 3 aromatic rings. The van der Waals surface area contributed by atoms with E-state index in [1.807, 2.05) is 0 Å². The lowest BCUT2D eigenvalue weighted by atomic mass is 10.2. The SMILES string of the molecule is O=c1onc(-c2nonc2CCCS(=O)(=O)N2CCOCC2)n1-c1ccc(F)c(Br)c1. The lowest BCUT2D eigenvalue weighted by Gasteiger charge is -2.25. The van der Waals surface area contributed by atoms with Crippen LogP contribution >= 0.6 is 15.9 Å². The predicted molar refractivity (Wildman–Crippen MR) is 108 cm³/mol. The Kier molecular flexibility index (Phi) is 6.31. The van der Waals surface area contributed by atoms with Crippen molar-refractivity contribution in [2.24, 2.45) is 0 Å². The van der Waals surface area contributed by atoms with Crippen LogP contribution in [0.3, 0.4) is 0 Å². The van der Waals surface area contributed by atoms with Crippen LogP contribution in [0.2, 0.25) is 0 Å². The van der Waals surface area contributed by atoms with E-state index in [1.165, 1.54) is 22.5 Å². The van der Waals surface area contributed by atoms with Gasteiger partial charge in [0.25, 0.3) is 0 Å². The smallest absolute Gasteiger partial charge is 0.379 e. The zero-order valence-corrected chi connectivity index (χ0v) is 18.4. The molecule has 0 aliphatic carbocycles. The van der Waals surface area contributed by atoms with E-state index < -0.39 is 21.6 Å². The van der Waals surface area contributed by atoms with Gasteiger partial charge in [0.1, 0.15) is 11.5 Å². The van der Waals surface area contributed by atoms with Gasteiger partial charge in [-0.3, -0.25) is 4.52 Å². The van der Waals surface area contributed by atoms with E-state index in [-0.39, 0.29) is 34.6 Å². The molecule has 0 spiro atoms. The Morgan fingerprint density at radius 2 is 1.94 bits per heavy atom. The highest BCUT2D eigenvalue weighted by Crippen LogP contribution is 2.24.